The average Bonchev–Trinajstić information content (AvgIpc) is 2.92. The van der Waals surface area contributed by atoms with Gasteiger partial charge in [-0.3, -0.25) is 15.1 Å². The molecule has 0 unspecified atom stereocenters. The van der Waals surface area contributed by atoms with Crippen LogP contribution in [0.4, 0.5) is 5.69 Å². The second-order valence-corrected chi connectivity index (χ2v) is 10.5. The molecule has 0 aromatic heterocycles. The predicted octanol–water partition coefficient (Wildman–Crippen LogP) is 7.83. The fraction of sp³-hybridized carbons (Fsp3) is 0.188. The van der Waals surface area contributed by atoms with E-state index in [0.29, 0.717) is 22.2 Å². The third-order valence-corrected chi connectivity index (χ3v) is 6.10. The lowest BCUT2D eigenvalue weighted by atomic mass is 10.00. The predicted molar refractivity (Wildman–Crippen MR) is 156 cm³/mol. The van der Waals surface area contributed by atoms with Crippen LogP contribution in [0.5, 0.6) is 11.5 Å². The van der Waals surface area contributed by atoms with Crippen LogP contribution >= 0.6 is 11.6 Å². The Bertz CT molecular complexity index is 1470. The van der Waals surface area contributed by atoms with Crippen molar-refractivity contribution in [3.05, 3.63) is 135 Å². The Kier molecular flexibility index (Phi) is 8.97. The Morgan fingerprint density at radius 3 is 2.02 bits per heavy atom. The van der Waals surface area contributed by atoms with Crippen molar-refractivity contribution in [2.75, 3.05) is 0 Å². The van der Waals surface area contributed by atoms with E-state index in [1.807, 2.05) is 60.7 Å². The maximum Gasteiger partial charge on any atom is 0.331 e. The number of hydrogen-bond acceptors (Lipinski definition) is 6. The number of nitro groups is 1. The van der Waals surface area contributed by atoms with E-state index in [1.54, 1.807) is 51.1 Å². The number of nitro benzene ring substituents is 1. The SMILES string of the molecule is CC(C)(C)OC(=O)[C@H](Cc1cc(Oc2ccccc2Cl)ccc1[N+](=O)[O-])N=C(c1ccccc1)c1ccccc1. The number of hydrogen-bond donors (Lipinski definition) is 0. The number of benzene rings is 4. The van der Waals surface area contributed by atoms with Crippen molar-refractivity contribution in [2.24, 2.45) is 4.99 Å². The molecular weight excluding hydrogens is 528 g/mol. The summed E-state index contributed by atoms with van der Waals surface area (Å²) in [6.45, 7) is 5.30. The molecule has 204 valence electrons. The monoisotopic (exact) mass is 556 g/mol. The Morgan fingerprint density at radius 2 is 1.48 bits per heavy atom. The number of carbonyl (C=O) groups is 1. The van der Waals surface area contributed by atoms with Crippen LogP contribution in [0.25, 0.3) is 0 Å². The molecule has 0 aliphatic rings. The first-order valence-electron chi connectivity index (χ1n) is 12.7. The molecule has 40 heavy (non-hydrogen) atoms. The van der Waals surface area contributed by atoms with Crippen LogP contribution in [-0.4, -0.2) is 28.2 Å². The number of halogens is 1. The van der Waals surface area contributed by atoms with Crippen LogP contribution < -0.4 is 4.74 Å². The number of aliphatic imine (C=N–C) groups is 1. The summed E-state index contributed by atoms with van der Waals surface area (Å²) >= 11 is 6.24. The number of para-hydroxylation sites is 1. The summed E-state index contributed by atoms with van der Waals surface area (Å²) in [6.07, 6.45) is -0.0892. The second kappa shape index (κ2) is 12.6. The molecule has 4 aromatic rings. The van der Waals surface area contributed by atoms with Crippen molar-refractivity contribution in [2.45, 2.75) is 38.8 Å². The molecule has 0 amide bonds. The molecule has 7 nitrogen and oxygen atoms in total. The van der Waals surface area contributed by atoms with E-state index in [4.69, 9.17) is 26.1 Å². The van der Waals surface area contributed by atoms with Gasteiger partial charge in [0.1, 0.15) is 17.1 Å². The lowest BCUT2D eigenvalue weighted by Gasteiger charge is -2.23. The Morgan fingerprint density at radius 1 is 0.900 bits per heavy atom. The highest BCUT2D eigenvalue weighted by Crippen LogP contribution is 2.33. The van der Waals surface area contributed by atoms with Gasteiger partial charge in [0.05, 0.1) is 15.7 Å². The highest BCUT2D eigenvalue weighted by atomic mass is 35.5. The van der Waals surface area contributed by atoms with E-state index in [0.717, 1.165) is 11.1 Å². The van der Waals surface area contributed by atoms with Crippen molar-refractivity contribution in [3.8, 4) is 11.5 Å². The molecule has 0 aliphatic carbocycles. The van der Waals surface area contributed by atoms with E-state index in [-0.39, 0.29) is 17.7 Å². The molecule has 0 fully saturated rings. The Balaban J connectivity index is 1.81. The molecule has 0 heterocycles. The molecule has 8 heteroatoms. The van der Waals surface area contributed by atoms with E-state index in [1.165, 1.54) is 12.1 Å². The first-order chi connectivity index (χ1) is 19.1. The minimum Gasteiger partial charge on any atom is -0.458 e. The van der Waals surface area contributed by atoms with Crippen LogP contribution in [0.15, 0.2) is 108 Å². The summed E-state index contributed by atoms with van der Waals surface area (Å²) in [5.41, 5.74) is 1.50. The summed E-state index contributed by atoms with van der Waals surface area (Å²) in [6, 6.07) is 29.2. The van der Waals surface area contributed by atoms with Crippen LogP contribution in [0.3, 0.4) is 0 Å². The molecule has 4 rings (SSSR count). The maximum absolute atomic E-state index is 13.5. The molecule has 0 spiro atoms. The maximum atomic E-state index is 13.5. The molecule has 0 N–H and O–H groups in total. The van der Waals surface area contributed by atoms with Gasteiger partial charge in [-0.1, -0.05) is 84.4 Å². The smallest absolute Gasteiger partial charge is 0.331 e. The van der Waals surface area contributed by atoms with Gasteiger partial charge < -0.3 is 9.47 Å². The van der Waals surface area contributed by atoms with E-state index in [2.05, 4.69) is 0 Å². The van der Waals surface area contributed by atoms with Crippen LogP contribution in [-0.2, 0) is 16.0 Å². The molecule has 0 bridgehead atoms. The largest absolute Gasteiger partial charge is 0.458 e. The summed E-state index contributed by atoms with van der Waals surface area (Å²) in [5, 5.41) is 12.4. The molecule has 0 radical (unpaired) electrons. The van der Waals surface area contributed by atoms with Gasteiger partial charge in [-0.2, -0.15) is 0 Å². The first-order valence-corrected chi connectivity index (χ1v) is 13.1. The van der Waals surface area contributed by atoms with Gasteiger partial charge in [0, 0.05) is 29.2 Å². The Hall–Kier alpha value is -4.49. The highest BCUT2D eigenvalue weighted by molar-refractivity contribution is 6.32. The van der Waals surface area contributed by atoms with Crippen LogP contribution in [0.1, 0.15) is 37.5 Å². The zero-order chi connectivity index (χ0) is 28.7. The molecule has 4 aromatic carbocycles. The second-order valence-electron chi connectivity index (χ2n) is 10.0. The van der Waals surface area contributed by atoms with Crippen LogP contribution in [0.2, 0.25) is 5.02 Å². The van der Waals surface area contributed by atoms with Crippen molar-refractivity contribution >= 4 is 29.0 Å². The van der Waals surface area contributed by atoms with Gasteiger partial charge in [-0.25, -0.2) is 4.79 Å². The summed E-state index contributed by atoms with van der Waals surface area (Å²) in [7, 11) is 0. The van der Waals surface area contributed by atoms with Crippen LogP contribution in [0, 0.1) is 10.1 Å². The highest BCUT2D eigenvalue weighted by Gasteiger charge is 2.29. The fourth-order valence-electron chi connectivity index (χ4n) is 4.04. The molecule has 0 saturated heterocycles. The van der Waals surface area contributed by atoms with Gasteiger partial charge in [-0.05, 0) is 45.0 Å². The quantitative estimate of drug-likeness (QED) is 0.0906. The Labute approximate surface area is 238 Å². The van der Waals surface area contributed by atoms with E-state index in [9.17, 15) is 14.9 Å². The average molecular weight is 557 g/mol. The van der Waals surface area contributed by atoms with Crippen molar-refractivity contribution in [1.82, 2.24) is 0 Å². The molecule has 1 atom stereocenters. The molecular formula is C32H29ClN2O5. The molecule has 0 saturated carbocycles. The standard InChI is InChI=1S/C32H29ClN2O5/c1-32(2,3)40-31(36)27(34-30(22-12-6-4-7-13-22)23-14-8-5-9-15-23)21-24-20-25(18-19-28(24)35(37)38)39-29-17-11-10-16-26(29)33/h4-20,27H,21H2,1-3H3/t27-/m0/s1. The topological polar surface area (TPSA) is 91.0 Å². The third kappa shape index (κ3) is 7.55. The number of ether oxygens (including phenoxy) is 2. The van der Waals surface area contributed by atoms with Gasteiger partial charge in [0.15, 0.2) is 6.04 Å². The lowest BCUT2D eigenvalue weighted by molar-refractivity contribution is -0.385. The summed E-state index contributed by atoms with van der Waals surface area (Å²) in [4.78, 5) is 29.9. The van der Waals surface area contributed by atoms with Crippen molar-refractivity contribution in [1.29, 1.82) is 0 Å². The minimum absolute atomic E-state index is 0.0892. The van der Waals surface area contributed by atoms with Gasteiger partial charge in [-0.15, -0.1) is 0 Å². The van der Waals surface area contributed by atoms with E-state index < -0.39 is 22.5 Å². The first kappa shape index (κ1) is 28.5. The normalized spacial score (nSPS) is 11.8. The van der Waals surface area contributed by atoms with E-state index >= 15 is 0 Å². The summed E-state index contributed by atoms with van der Waals surface area (Å²) in [5.74, 6) is 0.150. The van der Waals surface area contributed by atoms with Crippen molar-refractivity contribution < 1.29 is 19.2 Å². The molecule has 0 aliphatic heterocycles. The van der Waals surface area contributed by atoms with Gasteiger partial charge in [0.2, 0.25) is 0 Å². The fourth-order valence-corrected chi connectivity index (χ4v) is 4.22. The number of carbonyl (C=O) groups excluding carboxylic acids is 1. The minimum atomic E-state index is -1.08. The summed E-state index contributed by atoms with van der Waals surface area (Å²) < 4.78 is 11.6. The number of esters is 1. The zero-order valence-electron chi connectivity index (χ0n) is 22.4. The van der Waals surface area contributed by atoms with Gasteiger partial charge in [0.25, 0.3) is 5.69 Å². The number of nitrogens with zero attached hydrogens (tertiary/aromatic N) is 2. The third-order valence-electron chi connectivity index (χ3n) is 5.78. The number of rotatable bonds is 9. The zero-order valence-corrected chi connectivity index (χ0v) is 23.2. The van der Waals surface area contributed by atoms with Crippen molar-refractivity contribution in [3.63, 3.8) is 0 Å². The van der Waals surface area contributed by atoms with Gasteiger partial charge >= 0.3 is 5.97 Å². The lowest BCUT2D eigenvalue weighted by Crippen LogP contribution is -2.33.